The maximum atomic E-state index is 11.1. The van der Waals surface area contributed by atoms with Crippen molar-refractivity contribution < 1.29 is 19.9 Å². The van der Waals surface area contributed by atoms with Crippen LogP contribution in [0.4, 0.5) is 11.5 Å². The number of pyridine rings is 1. The van der Waals surface area contributed by atoms with Crippen LogP contribution in [0.1, 0.15) is 29.6 Å². The maximum absolute atomic E-state index is 11.1. The minimum atomic E-state index is -1.36. The third-order valence-electron chi connectivity index (χ3n) is 3.45. The van der Waals surface area contributed by atoms with Crippen LogP contribution in [0.2, 0.25) is 0 Å². The van der Waals surface area contributed by atoms with Crippen LogP contribution in [0.5, 0.6) is 0 Å². The van der Waals surface area contributed by atoms with E-state index in [9.17, 15) is 14.9 Å². The molecule has 1 aliphatic carbocycles. The predicted octanol–water partition coefficient (Wildman–Crippen LogP) is 1.04. The molecule has 0 atom stereocenters. The number of aromatic nitrogens is 1. The average Bonchev–Trinajstić information content (AvgIpc) is 2.35. The molecule has 0 aliphatic heterocycles. The molecule has 0 aromatic carbocycles. The highest BCUT2D eigenvalue weighted by atomic mass is 16.6. The van der Waals surface area contributed by atoms with Crippen LogP contribution >= 0.6 is 0 Å². The Labute approximate surface area is 114 Å². The van der Waals surface area contributed by atoms with Gasteiger partial charge in [0.1, 0.15) is 17.6 Å². The van der Waals surface area contributed by atoms with Crippen LogP contribution in [0.25, 0.3) is 0 Å². The molecule has 1 aliphatic rings. The number of hydrogen-bond acceptors (Lipinski definition) is 6. The van der Waals surface area contributed by atoms with Crippen molar-refractivity contribution in [2.75, 3.05) is 18.1 Å². The summed E-state index contributed by atoms with van der Waals surface area (Å²) in [6, 6.07) is 1.41. The largest absolute Gasteiger partial charge is 0.477 e. The fraction of sp³-hybridized carbons (Fsp3) is 0.500. The van der Waals surface area contributed by atoms with Gasteiger partial charge in [-0.15, -0.1) is 0 Å². The Kier molecular flexibility index (Phi) is 4.14. The predicted molar refractivity (Wildman–Crippen MR) is 69.9 cm³/mol. The number of aromatic carboxylic acids is 1. The average molecular weight is 281 g/mol. The van der Waals surface area contributed by atoms with Crippen LogP contribution in [0.15, 0.2) is 12.3 Å². The van der Waals surface area contributed by atoms with Crippen molar-refractivity contribution in [3.63, 3.8) is 0 Å². The van der Waals surface area contributed by atoms with Crippen LogP contribution in [0, 0.1) is 10.1 Å². The fourth-order valence-electron chi connectivity index (χ4n) is 2.20. The molecule has 0 spiro atoms. The molecule has 8 heteroatoms. The van der Waals surface area contributed by atoms with E-state index in [0.29, 0.717) is 12.4 Å². The number of carbonyl (C=O) groups is 1. The number of carboxylic acid groups (broad SMARTS) is 1. The van der Waals surface area contributed by atoms with Gasteiger partial charge in [-0.2, -0.15) is 0 Å². The Morgan fingerprint density at radius 2 is 2.25 bits per heavy atom. The normalized spacial score (nSPS) is 14.7. The Balaban J connectivity index is 2.37. The van der Waals surface area contributed by atoms with E-state index in [2.05, 4.69) is 4.98 Å². The third kappa shape index (κ3) is 2.69. The van der Waals surface area contributed by atoms with Crippen molar-refractivity contribution in [2.45, 2.75) is 25.3 Å². The van der Waals surface area contributed by atoms with Crippen molar-refractivity contribution in [1.29, 1.82) is 0 Å². The number of aliphatic hydroxyl groups is 1. The number of anilines is 1. The van der Waals surface area contributed by atoms with E-state index >= 15 is 0 Å². The van der Waals surface area contributed by atoms with E-state index in [-0.39, 0.29) is 18.2 Å². The summed E-state index contributed by atoms with van der Waals surface area (Å²) in [6.07, 6.45) is 3.93. The van der Waals surface area contributed by atoms with Crippen LogP contribution < -0.4 is 4.90 Å². The van der Waals surface area contributed by atoms with Gasteiger partial charge in [0.25, 0.3) is 0 Å². The summed E-state index contributed by atoms with van der Waals surface area (Å²) in [6.45, 7) is 0.242. The first-order chi connectivity index (χ1) is 9.54. The Morgan fingerprint density at radius 1 is 1.55 bits per heavy atom. The van der Waals surface area contributed by atoms with Gasteiger partial charge in [0, 0.05) is 18.7 Å². The highest BCUT2D eigenvalue weighted by Gasteiger charge is 2.28. The summed E-state index contributed by atoms with van der Waals surface area (Å²) >= 11 is 0. The second-order valence-electron chi connectivity index (χ2n) is 4.62. The molecule has 0 amide bonds. The van der Waals surface area contributed by atoms with Crippen LogP contribution in [-0.4, -0.2) is 45.3 Å². The number of aliphatic hydroxyl groups excluding tert-OH is 1. The molecule has 0 saturated heterocycles. The third-order valence-corrected chi connectivity index (χ3v) is 3.45. The molecule has 1 aromatic heterocycles. The summed E-state index contributed by atoms with van der Waals surface area (Å²) < 4.78 is 0. The van der Waals surface area contributed by atoms with Gasteiger partial charge in [0.15, 0.2) is 0 Å². The minimum absolute atomic E-state index is 0.0857. The molecule has 0 radical (unpaired) electrons. The smallest absolute Gasteiger partial charge is 0.342 e. The summed E-state index contributed by atoms with van der Waals surface area (Å²) in [5.74, 6) is -1.01. The first-order valence-corrected chi connectivity index (χ1v) is 6.30. The van der Waals surface area contributed by atoms with Crippen LogP contribution in [-0.2, 0) is 0 Å². The standard InChI is InChI=1S/C12H15N3O5/c16-5-4-14(8-2-1-3-8)11-6-9(12(17)18)10(7-13-11)15(19)20/h6-8,16H,1-5H2,(H,17,18). The molecule has 20 heavy (non-hydrogen) atoms. The van der Waals surface area contributed by atoms with E-state index in [1.54, 1.807) is 4.90 Å². The fourth-order valence-corrected chi connectivity index (χ4v) is 2.20. The van der Waals surface area contributed by atoms with Crippen molar-refractivity contribution >= 4 is 17.5 Å². The first kappa shape index (κ1) is 14.2. The monoisotopic (exact) mass is 281 g/mol. The molecule has 8 nitrogen and oxygen atoms in total. The van der Waals surface area contributed by atoms with Gasteiger partial charge in [-0.25, -0.2) is 9.78 Å². The molecule has 1 fully saturated rings. The summed E-state index contributed by atoms with van der Waals surface area (Å²) in [7, 11) is 0. The number of nitro groups is 1. The molecule has 108 valence electrons. The van der Waals surface area contributed by atoms with E-state index in [1.165, 1.54) is 6.07 Å². The molecule has 0 bridgehead atoms. The molecule has 2 N–H and O–H groups in total. The zero-order valence-electron chi connectivity index (χ0n) is 10.7. The highest BCUT2D eigenvalue weighted by Crippen LogP contribution is 2.30. The Bertz CT molecular complexity index is 530. The van der Waals surface area contributed by atoms with E-state index in [1.807, 2.05) is 0 Å². The van der Waals surface area contributed by atoms with Crippen LogP contribution in [0.3, 0.4) is 0 Å². The number of carboxylic acids is 1. The van der Waals surface area contributed by atoms with E-state index < -0.39 is 16.6 Å². The zero-order chi connectivity index (χ0) is 14.7. The second-order valence-corrected chi connectivity index (χ2v) is 4.62. The quantitative estimate of drug-likeness (QED) is 0.591. The Hall–Kier alpha value is -2.22. The number of hydrogen-bond donors (Lipinski definition) is 2. The molecule has 1 aromatic rings. The molecule has 2 rings (SSSR count). The lowest BCUT2D eigenvalue weighted by Crippen LogP contribution is -2.42. The summed E-state index contributed by atoms with van der Waals surface area (Å²) in [5.41, 5.74) is -0.916. The molecule has 0 unspecified atom stereocenters. The van der Waals surface area contributed by atoms with Gasteiger partial charge in [0.2, 0.25) is 0 Å². The van der Waals surface area contributed by atoms with Gasteiger partial charge in [0.05, 0.1) is 11.5 Å². The van der Waals surface area contributed by atoms with Gasteiger partial charge in [-0.1, -0.05) is 0 Å². The van der Waals surface area contributed by atoms with Gasteiger partial charge in [-0.05, 0) is 19.3 Å². The number of rotatable bonds is 6. The van der Waals surface area contributed by atoms with Crippen molar-refractivity contribution in [3.8, 4) is 0 Å². The highest BCUT2D eigenvalue weighted by molar-refractivity contribution is 5.93. The molecular weight excluding hydrogens is 266 g/mol. The van der Waals surface area contributed by atoms with E-state index in [4.69, 9.17) is 10.2 Å². The molecular formula is C12H15N3O5. The van der Waals surface area contributed by atoms with Crippen molar-refractivity contribution in [2.24, 2.45) is 0 Å². The maximum Gasteiger partial charge on any atom is 0.342 e. The Morgan fingerprint density at radius 3 is 2.70 bits per heavy atom. The second kappa shape index (κ2) is 5.83. The topological polar surface area (TPSA) is 117 Å². The molecule has 1 heterocycles. The van der Waals surface area contributed by atoms with Gasteiger partial charge < -0.3 is 15.1 Å². The minimum Gasteiger partial charge on any atom is -0.477 e. The van der Waals surface area contributed by atoms with Gasteiger partial charge in [-0.3, -0.25) is 10.1 Å². The van der Waals surface area contributed by atoms with Crippen molar-refractivity contribution in [3.05, 3.63) is 27.9 Å². The lowest BCUT2D eigenvalue weighted by atomic mass is 9.91. The lowest BCUT2D eigenvalue weighted by molar-refractivity contribution is -0.385. The van der Waals surface area contributed by atoms with Gasteiger partial charge >= 0.3 is 11.7 Å². The SMILES string of the molecule is O=C(O)c1cc(N(CCO)C2CCC2)ncc1[N+](=O)[O-]. The van der Waals surface area contributed by atoms with Crippen molar-refractivity contribution in [1.82, 2.24) is 4.98 Å². The zero-order valence-corrected chi connectivity index (χ0v) is 10.7. The molecule has 1 saturated carbocycles. The number of nitrogens with zero attached hydrogens (tertiary/aromatic N) is 3. The summed E-state index contributed by atoms with van der Waals surface area (Å²) in [5, 5.41) is 28.9. The first-order valence-electron chi connectivity index (χ1n) is 6.30. The van der Waals surface area contributed by atoms with E-state index in [0.717, 1.165) is 25.5 Å². The summed E-state index contributed by atoms with van der Waals surface area (Å²) in [4.78, 5) is 26.9. The lowest BCUT2D eigenvalue weighted by Gasteiger charge is -2.38.